The van der Waals surface area contributed by atoms with Crippen LogP contribution in [0.1, 0.15) is 5.56 Å². The fourth-order valence-electron chi connectivity index (χ4n) is 1.93. The van der Waals surface area contributed by atoms with Gasteiger partial charge in [-0.1, -0.05) is 18.2 Å². The Balaban J connectivity index is 2.01. The molecule has 1 fully saturated rings. The average molecular weight is 235 g/mol. The maximum atomic E-state index is 12.0. The lowest BCUT2D eigenvalue weighted by atomic mass is 10.0. The lowest BCUT2D eigenvalue weighted by molar-refractivity contribution is -0.123. The lowest BCUT2D eigenvalue weighted by Gasteiger charge is -2.22. The second kappa shape index (κ2) is 5.80. The van der Waals surface area contributed by atoms with Crippen LogP contribution in [0.15, 0.2) is 24.3 Å². The predicted molar refractivity (Wildman–Crippen MR) is 64.3 cm³/mol. The minimum Gasteiger partial charge on any atom is -0.496 e. The van der Waals surface area contributed by atoms with E-state index in [2.05, 4.69) is 5.32 Å². The van der Waals surface area contributed by atoms with Gasteiger partial charge in [0, 0.05) is 18.5 Å². The molecule has 0 aliphatic carbocycles. The molecule has 0 saturated carbocycles. The van der Waals surface area contributed by atoms with E-state index < -0.39 is 0 Å². The number of hydrogen-bond acceptors (Lipinski definition) is 4. The Kier molecular flexibility index (Phi) is 4.12. The van der Waals surface area contributed by atoms with Crippen molar-refractivity contribution in [3.05, 3.63) is 29.8 Å². The van der Waals surface area contributed by atoms with Crippen LogP contribution in [0.5, 0.6) is 5.75 Å². The summed E-state index contributed by atoms with van der Waals surface area (Å²) >= 11 is 0. The first-order valence-corrected chi connectivity index (χ1v) is 5.77. The molecule has 0 bridgehead atoms. The molecule has 2 rings (SSSR count). The molecule has 1 aromatic carbocycles. The molecule has 1 saturated heterocycles. The van der Waals surface area contributed by atoms with Crippen molar-refractivity contribution in [1.29, 1.82) is 0 Å². The highest BCUT2D eigenvalue weighted by Gasteiger charge is 2.21. The molecule has 1 aromatic rings. The highest BCUT2D eigenvalue weighted by Crippen LogP contribution is 2.18. The van der Waals surface area contributed by atoms with Crippen molar-refractivity contribution >= 4 is 5.78 Å². The third kappa shape index (κ3) is 3.05. The van der Waals surface area contributed by atoms with Gasteiger partial charge in [0.1, 0.15) is 5.75 Å². The zero-order chi connectivity index (χ0) is 12.1. The Morgan fingerprint density at radius 2 is 2.35 bits per heavy atom. The fraction of sp³-hybridized carbons (Fsp3) is 0.462. The monoisotopic (exact) mass is 235 g/mol. The van der Waals surface area contributed by atoms with Crippen LogP contribution < -0.4 is 10.1 Å². The van der Waals surface area contributed by atoms with Crippen LogP contribution in [-0.2, 0) is 16.0 Å². The van der Waals surface area contributed by atoms with Crippen molar-refractivity contribution in [2.24, 2.45) is 0 Å². The van der Waals surface area contributed by atoms with Crippen LogP contribution in [0.4, 0.5) is 0 Å². The third-order valence-electron chi connectivity index (χ3n) is 2.87. The number of ketones is 1. The summed E-state index contributed by atoms with van der Waals surface area (Å²) in [5, 5.41) is 3.16. The normalized spacial score (nSPS) is 19.9. The number of carbonyl (C=O) groups excluding carboxylic acids is 1. The van der Waals surface area contributed by atoms with Crippen LogP contribution in [0.3, 0.4) is 0 Å². The number of nitrogens with one attached hydrogen (secondary N) is 1. The van der Waals surface area contributed by atoms with Gasteiger partial charge in [0.15, 0.2) is 5.78 Å². The predicted octanol–water partition coefficient (Wildman–Crippen LogP) is 0.795. The van der Waals surface area contributed by atoms with E-state index in [4.69, 9.17) is 9.47 Å². The standard InChI is InChI=1S/C13H17NO3/c1-16-13-5-3-2-4-10(13)8-12(15)11-9-17-7-6-14-11/h2-5,11,14H,6-9H2,1H3. The number of para-hydroxylation sites is 1. The minimum atomic E-state index is -0.186. The number of benzene rings is 1. The van der Waals surface area contributed by atoms with Gasteiger partial charge in [0.05, 0.1) is 26.4 Å². The SMILES string of the molecule is COc1ccccc1CC(=O)C1COCCN1. The third-order valence-corrected chi connectivity index (χ3v) is 2.87. The maximum Gasteiger partial charge on any atom is 0.156 e. The average Bonchev–Trinajstić information content (AvgIpc) is 2.40. The molecule has 1 atom stereocenters. The molecular formula is C13H17NO3. The van der Waals surface area contributed by atoms with Crippen molar-refractivity contribution in [2.45, 2.75) is 12.5 Å². The number of hydrogen-bond donors (Lipinski definition) is 1. The van der Waals surface area contributed by atoms with Gasteiger partial charge in [-0.25, -0.2) is 0 Å². The molecule has 0 spiro atoms. The molecule has 4 heteroatoms. The van der Waals surface area contributed by atoms with Gasteiger partial charge in [0.25, 0.3) is 0 Å². The number of carbonyl (C=O) groups is 1. The quantitative estimate of drug-likeness (QED) is 0.838. The number of methoxy groups -OCH3 is 1. The zero-order valence-corrected chi connectivity index (χ0v) is 9.94. The van der Waals surface area contributed by atoms with Gasteiger partial charge in [-0.3, -0.25) is 4.79 Å². The van der Waals surface area contributed by atoms with E-state index in [9.17, 15) is 4.79 Å². The Labute approximate surface area is 101 Å². The smallest absolute Gasteiger partial charge is 0.156 e. The molecule has 0 aromatic heterocycles. The second-order valence-corrected chi connectivity index (χ2v) is 4.04. The van der Waals surface area contributed by atoms with Crippen molar-refractivity contribution < 1.29 is 14.3 Å². The molecule has 17 heavy (non-hydrogen) atoms. The van der Waals surface area contributed by atoms with Crippen LogP contribution >= 0.6 is 0 Å². The van der Waals surface area contributed by atoms with Crippen LogP contribution in [0.2, 0.25) is 0 Å². The molecule has 1 heterocycles. The zero-order valence-electron chi connectivity index (χ0n) is 9.94. The van der Waals surface area contributed by atoms with E-state index >= 15 is 0 Å². The van der Waals surface area contributed by atoms with Crippen LogP contribution in [0, 0.1) is 0 Å². The summed E-state index contributed by atoms with van der Waals surface area (Å²) in [4.78, 5) is 12.0. The number of morpholine rings is 1. The lowest BCUT2D eigenvalue weighted by Crippen LogP contribution is -2.47. The van der Waals surface area contributed by atoms with E-state index in [-0.39, 0.29) is 11.8 Å². The topological polar surface area (TPSA) is 47.6 Å². The van der Waals surface area contributed by atoms with Crippen LogP contribution in [0.25, 0.3) is 0 Å². The molecule has 1 N–H and O–H groups in total. The number of Topliss-reactive ketones (excluding diaryl/α,β-unsaturated/α-hetero) is 1. The molecule has 1 aliphatic rings. The summed E-state index contributed by atoms with van der Waals surface area (Å²) in [5.74, 6) is 0.909. The summed E-state index contributed by atoms with van der Waals surface area (Å²) in [6.07, 6.45) is 0.380. The summed E-state index contributed by atoms with van der Waals surface area (Å²) in [5.41, 5.74) is 0.923. The molecule has 1 unspecified atom stereocenters. The summed E-state index contributed by atoms with van der Waals surface area (Å²) < 4.78 is 10.5. The minimum absolute atomic E-state index is 0.147. The van der Waals surface area contributed by atoms with E-state index in [0.717, 1.165) is 17.9 Å². The van der Waals surface area contributed by atoms with Gasteiger partial charge in [0.2, 0.25) is 0 Å². The molecule has 0 radical (unpaired) electrons. The second-order valence-electron chi connectivity index (χ2n) is 4.04. The largest absolute Gasteiger partial charge is 0.496 e. The summed E-state index contributed by atoms with van der Waals surface area (Å²) in [6.45, 7) is 1.88. The molecular weight excluding hydrogens is 218 g/mol. The van der Waals surface area contributed by atoms with Crippen molar-refractivity contribution in [2.75, 3.05) is 26.9 Å². The Morgan fingerprint density at radius 1 is 1.53 bits per heavy atom. The Bertz CT molecular complexity index is 386. The van der Waals surface area contributed by atoms with Gasteiger partial charge < -0.3 is 14.8 Å². The molecule has 4 nitrogen and oxygen atoms in total. The number of ether oxygens (including phenoxy) is 2. The fourth-order valence-corrected chi connectivity index (χ4v) is 1.93. The molecule has 92 valence electrons. The van der Waals surface area contributed by atoms with E-state index in [0.29, 0.717) is 19.6 Å². The van der Waals surface area contributed by atoms with Gasteiger partial charge in [-0.05, 0) is 6.07 Å². The first-order chi connectivity index (χ1) is 8.31. The van der Waals surface area contributed by atoms with E-state index in [1.54, 1.807) is 7.11 Å². The summed E-state index contributed by atoms with van der Waals surface area (Å²) in [6, 6.07) is 7.41. The highest BCUT2D eigenvalue weighted by atomic mass is 16.5. The van der Waals surface area contributed by atoms with E-state index in [1.165, 1.54) is 0 Å². The Hall–Kier alpha value is -1.39. The summed E-state index contributed by atoms with van der Waals surface area (Å²) in [7, 11) is 1.62. The highest BCUT2D eigenvalue weighted by molar-refractivity contribution is 5.86. The van der Waals surface area contributed by atoms with Crippen molar-refractivity contribution in [3.63, 3.8) is 0 Å². The van der Waals surface area contributed by atoms with Crippen LogP contribution in [-0.4, -0.2) is 38.7 Å². The first kappa shape index (κ1) is 12.1. The van der Waals surface area contributed by atoms with Crippen molar-refractivity contribution in [3.8, 4) is 5.75 Å². The van der Waals surface area contributed by atoms with E-state index in [1.807, 2.05) is 24.3 Å². The first-order valence-electron chi connectivity index (χ1n) is 5.77. The van der Waals surface area contributed by atoms with Gasteiger partial charge in [-0.15, -0.1) is 0 Å². The number of rotatable bonds is 4. The molecule has 1 aliphatic heterocycles. The molecule has 0 amide bonds. The van der Waals surface area contributed by atoms with Gasteiger partial charge in [-0.2, -0.15) is 0 Å². The maximum absolute atomic E-state index is 12.0. The van der Waals surface area contributed by atoms with Gasteiger partial charge >= 0.3 is 0 Å². The van der Waals surface area contributed by atoms with Crippen molar-refractivity contribution in [1.82, 2.24) is 5.32 Å². The Morgan fingerprint density at radius 3 is 3.06 bits per heavy atom.